The highest BCUT2D eigenvalue weighted by molar-refractivity contribution is 5.91. The van der Waals surface area contributed by atoms with Crippen molar-refractivity contribution >= 4 is 12.3 Å². The molecule has 0 aliphatic heterocycles. The summed E-state index contributed by atoms with van der Waals surface area (Å²) in [4.78, 5) is 21.1. The predicted octanol–water partition coefficient (Wildman–Crippen LogP) is -1.33. The number of aromatic nitrogens is 3. The molecule has 0 bridgehead atoms. The van der Waals surface area contributed by atoms with Crippen molar-refractivity contribution in [2.24, 2.45) is 0 Å². The first-order valence-electron chi connectivity index (χ1n) is 4.15. The lowest BCUT2D eigenvalue weighted by Crippen LogP contribution is -2.27. The smallest absolute Gasteiger partial charge is 0.273 e. The zero-order valence-corrected chi connectivity index (χ0v) is 7.49. The van der Waals surface area contributed by atoms with Crippen LogP contribution in [0.5, 0.6) is 0 Å². The van der Waals surface area contributed by atoms with Crippen molar-refractivity contribution in [2.45, 2.75) is 6.42 Å². The summed E-state index contributed by atoms with van der Waals surface area (Å²) in [7, 11) is 0. The van der Waals surface area contributed by atoms with Crippen LogP contribution >= 0.6 is 0 Å². The molecule has 0 unspecified atom stereocenters. The molecule has 3 N–H and O–H groups in total. The van der Waals surface area contributed by atoms with Crippen molar-refractivity contribution in [2.75, 3.05) is 13.1 Å². The number of H-pyrrole nitrogens is 1. The maximum Gasteiger partial charge on any atom is 0.273 e. The molecule has 0 spiro atoms. The van der Waals surface area contributed by atoms with Gasteiger partial charge >= 0.3 is 0 Å². The normalized spacial score (nSPS) is 9.43. The highest BCUT2D eigenvalue weighted by Gasteiger charge is 2.06. The van der Waals surface area contributed by atoms with Crippen LogP contribution < -0.4 is 10.6 Å². The van der Waals surface area contributed by atoms with E-state index < -0.39 is 0 Å². The Bertz CT molecular complexity index is 284. The van der Waals surface area contributed by atoms with Gasteiger partial charge in [0.05, 0.1) is 6.20 Å². The van der Waals surface area contributed by atoms with Gasteiger partial charge in [0.15, 0.2) is 5.69 Å². The van der Waals surface area contributed by atoms with Gasteiger partial charge in [-0.2, -0.15) is 15.4 Å². The SMILES string of the molecule is O=CNCCCNC(=O)c1cn[nH]n1. The first kappa shape index (κ1) is 10.2. The maximum atomic E-state index is 11.2. The number of aromatic amines is 1. The molecule has 7 nitrogen and oxygen atoms in total. The number of hydrogen-bond acceptors (Lipinski definition) is 4. The Morgan fingerprint density at radius 2 is 2.43 bits per heavy atom. The second kappa shape index (κ2) is 5.68. The summed E-state index contributed by atoms with van der Waals surface area (Å²) < 4.78 is 0. The van der Waals surface area contributed by atoms with Crippen molar-refractivity contribution in [3.05, 3.63) is 11.9 Å². The molecule has 0 aromatic carbocycles. The average Bonchev–Trinajstić information content (AvgIpc) is 2.70. The van der Waals surface area contributed by atoms with Gasteiger partial charge in [-0.25, -0.2) is 0 Å². The number of rotatable bonds is 6. The van der Waals surface area contributed by atoms with Crippen LogP contribution in [0, 0.1) is 0 Å². The van der Waals surface area contributed by atoms with Crippen molar-refractivity contribution < 1.29 is 9.59 Å². The predicted molar refractivity (Wildman–Crippen MR) is 47.4 cm³/mol. The van der Waals surface area contributed by atoms with E-state index in [0.29, 0.717) is 25.9 Å². The first-order chi connectivity index (χ1) is 6.84. The van der Waals surface area contributed by atoms with Crippen LogP contribution in [-0.2, 0) is 4.79 Å². The van der Waals surface area contributed by atoms with Crippen LogP contribution in [0.2, 0.25) is 0 Å². The van der Waals surface area contributed by atoms with Gasteiger partial charge in [-0.1, -0.05) is 0 Å². The highest BCUT2D eigenvalue weighted by Crippen LogP contribution is 1.87. The Hall–Kier alpha value is -1.92. The van der Waals surface area contributed by atoms with E-state index in [4.69, 9.17) is 0 Å². The van der Waals surface area contributed by atoms with Crippen LogP contribution in [0.25, 0.3) is 0 Å². The molecule has 14 heavy (non-hydrogen) atoms. The fourth-order valence-electron chi connectivity index (χ4n) is 0.853. The van der Waals surface area contributed by atoms with Gasteiger partial charge in [0, 0.05) is 13.1 Å². The summed E-state index contributed by atoms with van der Waals surface area (Å²) in [5.74, 6) is -0.273. The summed E-state index contributed by atoms with van der Waals surface area (Å²) in [6.07, 6.45) is 2.65. The zero-order chi connectivity index (χ0) is 10.2. The number of nitrogens with zero attached hydrogens (tertiary/aromatic N) is 2. The van der Waals surface area contributed by atoms with Gasteiger partial charge in [0.1, 0.15) is 0 Å². The van der Waals surface area contributed by atoms with Crippen molar-refractivity contribution in [3.63, 3.8) is 0 Å². The summed E-state index contributed by atoms with van der Waals surface area (Å²) in [6, 6.07) is 0. The molecule has 0 radical (unpaired) electrons. The van der Waals surface area contributed by atoms with E-state index in [9.17, 15) is 9.59 Å². The van der Waals surface area contributed by atoms with Crippen LogP contribution in [0.15, 0.2) is 6.20 Å². The second-order valence-corrected chi connectivity index (χ2v) is 2.54. The Kier molecular flexibility index (Phi) is 4.12. The van der Waals surface area contributed by atoms with Gasteiger partial charge in [-0.05, 0) is 6.42 Å². The Morgan fingerprint density at radius 1 is 1.57 bits per heavy atom. The minimum Gasteiger partial charge on any atom is -0.359 e. The quantitative estimate of drug-likeness (QED) is 0.388. The molecular formula is C7H11N5O2. The molecule has 0 fully saturated rings. The van der Waals surface area contributed by atoms with Crippen molar-refractivity contribution in [1.82, 2.24) is 26.0 Å². The van der Waals surface area contributed by atoms with Gasteiger partial charge in [-0.3, -0.25) is 9.59 Å². The van der Waals surface area contributed by atoms with Gasteiger partial charge in [-0.15, -0.1) is 0 Å². The van der Waals surface area contributed by atoms with Crippen molar-refractivity contribution in [3.8, 4) is 0 Å². The molecule has 0 aliphatic rings. The van der Waals surface area contributed by atoms with Crippen molar-refractivity contribution in [1.29, 1.82) is 0 Å². The molecule has 1 aromatic rings. The Labute approximate surface area is 80.3 Å². The molecule has 0 saturated heterocycles. The minimum atomic E-state index is -0.273. The van der Waals surface area contributed by atoms with E-state index in [0.717, 1.165) is 0 Å². The summed E-state index contributed by atoms with van der Waals surface area (Å²) in [5, 5.41) is 14.6. The minimum absolute atomic E-state index is 0.258. The monoisotopic (exact) mass is 197 g/mol. The third-order valence-corrected chi connectivity index (χ3v) is 1.51. The largest absolute Gasteiger partial charge is 0.359 e. The third-order valence-electron chi connectivity index (χ3n) is 1.51. The van der Waals surface area contributed by atoms with E-state index in [1.165, 1.54) is 6.20 Å². The number of carbonyl (C=O) groups is 2. The summed E-state index contributed by atoms with van der Waals surface area (Å²) >= 11 is 0. The highest BCUT2D eigenvalue weighted by atomic mass is 16.2. The lowest BCUT2D eigenvalue weighted by molar-refractivity contribution is -0.109. The van der Waals surface area contributed by atoms with E-state index >= 15 is 0 Å². The molecule has 1 rings (SSSR count). The van der Waals surface area contributed by atoms with Crippen LogP contribution in [0.4, 0.5) is 0 Å². The molecule has 2 amide bonds. The number of hydrogen-bond donors (Lipinski definition) is 3. The van der Waals surface area contributed by atoms with Crippen LogP contribution in [-0.4, -0.2) is 40.8 Å². The molecule has 1 aromatic heterocycles. The molecular weight excluding hydrogens is 186 g/mol. The first-order valence-corrected chi connectivity index (χ1v) is 4.15. The zero-order valence-electron chi connectivity index (χ0n) is 7.49. The van der Waals surface area contributed by atoms with Crippen LogP contribution in [0.3, 0.4) is 0 Å². The van der Waals surface area contributed by atoms with Gasteiger partial charge in [0.25, 0.3) is 5.91 Å². The fourth-order valence-corrected chi connectivity index (χ4v) is 0.853. The topological polar surface area (TPSA) is 99.8 Å². The lowest BCUT2D eigenvalue weighted by Gasteiger charge is -2.01. The Morgan fingerprint density at radius 3 is 3.07 bits per heavy atom. The average molecular weight is 197 g/mol. The number of amides is 2. The standard InChI is InChI=1S/C7H11N5O2/c13-5-8-2-1-3-9-7(14)6-4-10-12-11-6/h4-5H,1-3H2,(H,8,13)(H,9,14)(H,10,11,12). The van der Waals surface area contributed by atoms with Gasteiger partial charge in [0.2, 0.25) is 6.41 Å². The van der Waals surface area contributed by atoms with E-state index in [1.807, 2.05) is 0 Å². The van der Waals surface area contributed by atoms with Gasteiger partial charge < -0.3 is 10.6 Å². The molecule has 76 valence electrons. The van der Waals surface area contributed by atoms with Crippen LogP contribution in [0.1, 0.15) is 16.9 Å². The van der Waals surface area contributed by atoms with E-state index in [1.54, 1.807) is 0 Å². The van der Waals surface area contributed by atoms with E-state index in [-0.39, 0.29) is 11.6 Å². The lowest BCUT2D eigenvalue weighted by atomic mass is 10.4. The molecule has 7 heteroatoms. The summed E-state index contributed by atoms with van der Waals surface area (Å²) in [5.41, 5.74) is 0.258. The number of carbonyl (C=O) groups excluding carboxylic acids is 2. The second-order valence-electron chi connectivity index (χ2n) is 2.54. The number of nitrogens with one attached hydrogen (secondary N) is 3. The fraction of sp³-hybridized carbons (Fsp3) is 0.429. The molecule has 0 aliphatic carbocycles. The molecule has 1 heterocycles. The molecule has 0 atom stereocenters. The van der Waals surface area contributed by atoms with E-state index in [2.05, 4.69) is 26.0 Å². The maximum absolute atomic E-state index is 11.2. The molecule has 0 saturated carbocycles. The third kappa shape index (κ3) is 3.21. The Balaban J connectivity index is 2.13. The summed E-state index contributed by atoms with van der Waals surface area (Å²) in [6.45, 7) is 1.04.